The first-order chi connectivity index (χ1) is 5.32. The van der Waals surface area contributed by atoms with Crippen LogP contribution in [0.4, 0.5) is 0 Å². The third-order valence-electron chi connectivity index (χ3n) is 2.77. The normalized spacial score (nSPS) is 39.3. The molecule has 3 nitrogen and oxygen atoms in total. The standard InChI is InChI=1S/C8H10N2O/c9-4-6-1-2-8(5-10-11)3-7(6)8/h3-4,6,9H,1-2,5H2. The molecule has 0 aliphatic heterocycles. The molecule has 2 atom stereocenters. The Bertz CT molecular complexity index is 246. The minimum absolute atomic E-state index is 0.0456. The molecule has 0 spiro atoms. The van der Waals surface area contributed by atoms with Crippen molar-refractivity contribution in [2.45, 2.75) is 12.8 Å². The van der Waals surface area contributed by atoms with Crippen LogP contribution in [0.1, 0.15) is 12.8 Å². The summed E-state index contributed by atoms with van der Waals surface area (Å²) in [7, 11) is 0. The molecule has 2 rings (SSSR count). The van der Waals surface area contributed by atoms with Gasteiger partial charge in [0, 0.05) is 17.5 Å². The maximum Gasteiger partial charge on any atom is 0.0939 e. The number of hydrogen-bond donors (Lipinski definition) is 1. The summed E-state index contributed by atoms with van der Waals surface area (Å²) in [5.74, 6) is 0.316. The Kier molecular flexibility index (Phi) is 1.22. The van der Waals surface area contributed by atoms with Crippen molar-refractivity contribution in [3.8, 4) is 0 Å². The van der Waals surface area contributed by atoms with Gasteiger partial charge in [0.25, 0.3) is 0 Å². The van der Waals surface area contributed by atoms with Crippen molar-refractivity contribution in [2.24, 2.45) is 16.5 Å². The minimum Gasteiger partial charge on any atom is -0.312 e. The average molecular weight is 150 g/mol. The van der Waals surface area contributed by atoms with Gasteiger partial charge in [-0.05, 0) is 12.8 Å². The maximum absolute atomic E-state index is 10.0. The summed E-state index contributed by atoms with van der Waals surface area (Å²) in [4.78, 5) is 10.0. The first-order valence-corrected chi connectivity index (χ1v) is 3.85. The fourth-order valence-corrected chi connectivity index (χ4v) is 2.03. The lowest BCUT2D eigenvalue weighted by Gasteiger charge is -2.03. The fourth-order valence-electron chi connectivity index (χ4n) is 2.03. The molecule has 0 saturated heterocycles. The van der Waals surface area contributed by atoms with Gasteiger partial charge in [0.15, 0.2) is 0 Å². The van der Waals surface area contributed by atoms with E-state index in [1.807, 2.05) is 0 Å². The van der Waals surface area contributed by atoms with E-state index in [1.165, 1.54) is 11.8 Å². The highest BCUT2D eigenvalue weighted by molar-refractivity contribution is 5.68. The monoisotopic (exact) mass is 150 g/mol. The predicted octanol–water partition coefficient (Wildman–Crippen LogP) is 1.74. The van der Waals surface area contributed by atoms with E-state index in [4.69, 9.17) is 5.41 Å². The van der Waals surface area contributed by atoms with Crippen LogP contribution in [0, 0.1) is 21.6 Å². The molecule has 0 radical (unpaired) electrons. The van der Waals surface area contributed by atoms with Gasteiger partial charge in [0.1, 0.15) is 0 Å². The highest BCUT2D eigenvalue weighted by Gasteiger charge is 2.51. The van der Waals surface area contributed by atoms with Gasteiger partial charge in [-0.1, -0.05) is 16.8 Å². The molecular weight excluding hydrogens is 140 g/mol. The molecule has 11 heavy (non-hydrogen) atoms. The van der Waals surface area contributed by atoms with Gasteiger partial charge in [-0.2, -0.15) is 4.91 Å². The van der Waals surface area contributed by atoms with Gasteiger partial charge in [0.05, 0.1) is 6.54 Å². The van der Waals surface area contributed by atoms with Crippen LogP contribution >= 0.6 is 0 Å². The van der Waals surface area contributed by atoms with Gasteiger partial charge >= 0.3 is 0 Å². The zero-order chi connectivity index (χ0) is 7.90. The molecule has 0 aromatic carbocycles. The summed E-state index contributed by atoms with van der Waals surface area (Å²) in [6, 6.07) is 0. The second-order valence-electron chi connectivity index (χ2n) is 3.35. The third kappa shape index (κ3) is 0.768. The van der Waals surface area contributed by atoms with E-state index in [-0.39, 0.29) is 5.41 Å². The molecule has 0 bridgehead atoms. The highest BCUT2D eigenvalue weighted by atomic mass is 16.3. The van der Waals surface area contributed by atoms with E-state index in [0.29, 0.717) is 12.5 Å². The van der Waals surface area contributed by atoms with E-state index in [9.17, 15) is 4.91 Å². The summed E-state index contributed by atoms with van der Waals surface area (Å²) in [6.07, 6.45) is 5.64. The summed E-state index contributed by atoms with van der Waals surface area (Å²) in [6.45, 7) is 0.396. The number of rotatable bonds is 3. The molecule has 1 N–H and O–H groups in total. The number of nitrogens with zero attached hydrogens (tertiary/aromatic N) is 1. The summed E-state index contributed by atoms with van der Waals surface area (Å²) >= 11 is 0. The molecule has 2 unspecified atom stereocenters. The number of nitroso groups, excluding NO2 is 1. The Hall–Kier alpha value is -0.990. The molecule has 0 heterocycles. The molecule has 0 aromatic rings. The van der Waals surface area contributed by atoms with Crippen molar-refractivity contribution in [2.75, 3.05) is 6.54 Å². The van der Waals surface area contributed by atoms with Crippen LogP contribution in [0.5, 0.6) is 0 Å². The minimum atomic E-state index is 0.0456. The molecule has 2 aliphatic rings. The summed E-state index contributed by atoms with van der Waals surface area (Å²) in [5.41, 5.74) is 1.33. The van der Waals surface area contributed by atoms with E-state index in [0.717, 1.165) is 12.8 Å². The van der Waals surface area contributed by atoms with Crippen molar-refractivity contribution >= 4 is 6.21 Å². The fraction of sp³-hybridized carbons (Fsp3) is 0.625. The molecule has 0 aromatic heterocycles. The van der Waals surface area contributed by atoms with E-state index < -0.39 is 0 Å². The molecular formula is C8H10N2O. The third-order valence-corrected chi connectivity index (χ3v) is 2.77. The number of nitrogens with one attached hydrogen (secondary N) is 1. The van der Waals surface area contributed by atoms with Crippen molar-refractivity contribution in [3.63, 3.8) is 0 Å². The molecule has 1 fully saturated rings. The van der Waals surface area contributed by atoms with E-state index in [2.05, 4.69) is 11.3 Å². The largest absolute Gasteiger partial charge is 0.312 e. The first-order valence-electron chi connectivity index (χ1n) is 3.85. The Morgan fingerprint density at radius 2 is 2.73 bits per heavy atom. The lowest BCUT2D eigenvalue weighted by atomic mass is 10.0. The highest BCUT2D eigenvalue weighted by Crippen LogP contribution is 2.58. The molecule has 0 amide bonds. The Labute approximate surface area is 65.0 Å². The van der Waals surface area contributed by atoms with E-state index in [1.54, 1.807) is 0 Å². The predicted molar refractivity (Wildman–Crippen MR) is 42.7 cm³/mol. The van der Waals surface area contributed by atoms with Gasteiger partial charge in [-0.3, -0.25) is 0 Å². The van der Waals surface area contributed by atoms with Gasteiger partial charge < -0.3 is 5.41 Å². The van der Waals surface area contributed by atoms with Crippen LogP contribution < -0.4 is 0 Å². The van der Waals surface area contributed by atoms with Crippen LogP contribution in [-0.4, -0.2) is 12.8 Å². The average Bonchev–Trinajstić information content (AvgIpc) is 2.60. The maximum atomic E-state index is 10.0. The van der Waals surface area contributed by atoms with Gasteiger partial charge in [-0.25, -0.2) is 0 Å². The molecule has 1 saturated carbocycles. The lowest BCUT2D eigenvalue weighted by Crippen LogP contribution is -2.04. The first kappa shape index (κ1) is 6.70. The van der Waals surface area contributed by atoms with Crippen molar-refractivity contribution in [3.05, 3.63) is 16.6 Å². The molecule has 58 valence electrons. The topological polar surface area (TPSA) is 53.3 Å². The summed E-state index contributed by atoms with van der Waals surface area (Å²) < 4.78 is 0. The lowest BCUT2D eigenvalue weighted by molar-refractivity contribution is 0.556. The van der Waals surface area contributed by atoms with Crippen LogP contribution in [0.2, 0.25) is 0 Å². The SMILES string of the molecule is N=CC1CCC2(CN=O)C=C12. The zero-order valence-corrected chi connectivity index (χ0v) is 6.21. The smallest absolute Gasteiger partial charge is 0.0939 e. The van der Waals surface area contributed by atoms with Crippen molar-refractivity contribution in [1.29, 1.82) is 5.41 Å². The van der Waals surface area contributed by atoms with Crippen LogP contribution in [0.3, 0.4) is 0 Å². The van der Waals surface area contributed by atoms with Crippen LogP contribution in [0.15, 0.2) is 16.8 Å². The van der Waals surface area contributed by atoms with Gasteiger partial charge in [0.2, 0.25) is 0 Å². The van der Waals surface area contributed by atoms with Crippen LogP contribution in [0.25, 0.3) is 0 Å². The molecule has 2 aliphatic carbocycles. The quantitative estimate of drug-likeness (QED) is 0.372. The van der Waals surface area contributed by atoms with Crippen molar-refractivity contribution in [1.82, 2.24) is 0 Å². The second kappa shape index (κ2) is 2.00. The number of fused-ring (bicyclic) bond motifs is 1. The Balaban J connectivity index is 2.08. The van der Waals surface area contributed by atoms with Crippen LogP contribution in [-0.2, 0) is 0 Å². The Morgan fingerprint density at radius 1 is 1.91 bits per heavy atom. The zero-order valence-electron chi connectivity index (χ0n) is 6.21. The Morgan fingerprint density at radius 3 is 3.18 bits per heavy atom. The number of hydrogen-bond acceptors (Lipinski definition) is 3. The summed E-state index contributed by atoms with van der Waals surface area (Å²) in [5, 5.41) is 10.0. The van der Waals surface area contributed by atoms with Crippen molar-refractivity contribution < 1.29 is 0 Å². The second-order valence-corrected chi connectivity index (χ2v) is 3.35. The van der Waals surface area contributed by atoms with E-state index >= 15 is 0 Å². The molecule has 3 heteroatoms. The van der Waals surface area contributed by atoms with Gasteiger partial charge in [-0.15, -0.1) is 0 Å².